The summed E-state index contributed by atoms with van der Waals surface area (Å²) in [5.74, 6) is -0.106. The molecule has 2 aromatic heterocycles. The van der Waals surface area contributed by atoms with E-state index in [0.717, 1.165) is 25.3 Å². The Bertz CT molecular complexity index is 840. The Labute approximate surface area is 149 Å². The highest BCUT2D eigenvalue weighted by atomic mass is 32.1. The van der Waals surface area contributed by atoms with Gasteiger partial charge in [-0.1, -0.05) is 0 Å². The van der Waals surface area contributed by atoms with Crippen LogP contribution in [0.1, 0.15) is 20.9 Å². The predicted molar refractivity (Wildman–Crippen MR) is 93.8 cm³/mol. The molecule has 7 nitrogen and oxygen atoms in total. The zero-order valence-electron chi connectivity index (χ0n) is 14.0. The van der Waals surface area contributed by atoms with E-state index >= 15 is 0 Å². The molecule has 25 heavy (non-hydrogen) atoms. The van der Waals surface area contributed by atoms with E-state index in [9.17, 15) is 9.59 Å². The molecule has 0 aromatic carbocycles. The lowest BCUT2D eigenvalue weighted by Crippen LogP contribution is -2.70. The number of nitrogens with zero attached hydrogens (tertiary/aromatic N) is 3. The van der Waals surface area contributed by atoms with E-state index in [2.05, 4.69) is 14.9 Å². The molecule has 2 fully saturated rings. The van der Waals surface area contributed by atoms with Gasteiger partial charge in [-0.3, -0.25) is 14.5 Å². The Morgan fingerprint density at radius 3 is 3.00 bits per heavy atom. The first-order valence-corrected chi connectivity index (χ1v) is 9.16. The van der Waals surface area contributed by atoms with Crippen LogP contribution >= 0.6 is 11.3 Å². The largest absolute Gasteiger partial charge is 0.369 e. The fraction of sp³-hybridized carbons (Fsp3) is 0.471. The summed E-state index contributed by atoms with van der Waals surface area (Å²) in [4.78, 5) is 36.3. The number of H-pyrrole nitrogens is 1. The first-order valence-electron chi connectivity index (χ1n) is 8.28. The zero-order chi connectivity index (χ0) is 17.4. The number of aryl methyl sites for hydroxylation is 1. The summed E-state index contributed by atoms with van der Waals surface area (Å²) in [6.07, 6.45) is 1.51. The Balaban J connectivity index is 1.40. The average Bonchev–Trinajstić information content (AvgIpc) is 2.98. The predicted octanol–water partition coefficient (Wildman–Crippen LogP) is 0.867. The second kappa shape index (κ2) is 6.36. The second-order valence-electron chi connectivity index (χ2n) is 6.71. The maximum Gasteiger partial charge on any atom is 0.254 e. The van der Waals surface area contributed by atoms with Crippen LogP contribution < -0.4 is 5.56 Å². The maximum atomic E-state index is 12.7. The van der Waals surface area contributed by atoms with Gasteiger partial charge in [-0.25, -0.2) is 4.98 Å². The first kappa shape index (κ1) is 16.4. The highest BCUT2D eigenvalue weighted by Crippen LogP contribution is 2.31. The number of likely N-dealkylation sites (tertiary alicyclic amines) is 1. The van der Waals surface area contributed by atoms with Crippen LogP contribution in [0.15, 0.2) is 28.6 Å². The number of ether oxygens (including phenoxy) is 1. The minimum absolute atomic E-state index is 0.106. The molecule has 1 spiro atoms. The summed E-state index contributed by atoms with van der Waals surface area (Å²) < 4.78 is 6.01. The molecule has 0 aliphatic carbocycles. The lowest BCUT2D eigenvalue weighted by molar-refractivity contribution is -0.178. The van der Waals surface area contributed by atoms with E-state index < -0.39 is 0 Å². The van der Waals surface area contributed by atoms with Gasteiger partial charge in [0.2, 0.25) is 5.56 Å². The van der Waals surface area contributed by atoms with Crippen LogP contribution in [0.4, 0.5) is 0 Å². The summed E-state index contributed by atoms with van der Waals surface area (Å²) >= 11 is 1.68. The minimum Gasteiger partial charge on any atom is -0.369 e. The Kier molecular flexibility index (Phi) is 4.18. The van der Waals surface area contributed by atoms with E-state index in [4.69, 9.17) is 4.74 Å². The van der Waals surface area contributed by atoms with Crippen molar-refractivity contribution in [1.29, 1.82) is 0 Å². The van der Waals surface area contributed by atoms with Crippen molar-refractivity contribution >= 4 is 17.2 Å². The summed E-state index contributed by atoms with van der Waals surface area (Å²) in [5.41, 5.74) is 2.84. The van der Waals surface area contributed by atoms with Gasteiger partial charge in [-0.05, 0) is 13.0 Å². The molecule has 0 bridgehead atoms. The van der Waals surface area contributed by atoms with Gasteiger partial charge in [0.15, 0.2) is 0 Å². The van der Waals surface area contributed by atoms with Crippen molar-refractivity contribution < 1.29 is 9.53 Å². The van der Waals surface area contributed by atoms with Crippen molar-refractivity contribution in [2.45, 2.75) is 19.1 Å². The number of amides is 1. The molecule has 2 aromatic rings. The lowest BCUT2D eigenvalue weighted by atomic mass is 9.91. The molecule has 4 heterocycles. The Morgan fingerprint density at radius 1 is 1.44 bits per heavy atom. The quantitative estimate of drug-likeness (QED) is 0.879. The van der Waals surface area contributed by atoms with Crippen LogP contribution in [0.3, 0.4) is 0 Å². The fourth-order valence-corrected chi connectivity index (χ4v) is 4.35. The molecule has 2 aliphatic rings. The highest BCUT2D eigenvalue weighted by Gasteiger charge is 2.48. The van der Waals surface area contributed by atoms with E-state index in [1.807, 2.05) is 12.4 Å². The molecular weight excluding hydrogens is 340 g/mol. The zero-order valence-corrected chi connectivity index (χ0v) is 14.8. The van der Waals surface area contributed by atoms with Gasteiger partial charge in [0, 0.05) is 48.9 Å². The SMILES string of the molecule is Cc1ncsc1CN1CC2(C1)CN(C(=O)c1cc[nH]c(=O)c1)CCO2. The van der Waals surface area contributed by atoms with Gasteiger partial charge >= 0.3 is 0 Å². The fourth-order valence-electron chi connectivity index (χ4n) is 3.53. The topological polar surface area (TPSA) is 78.5 Å². The molecule has 2 saturated heterocycles. The van der Waals surface area contributed by atoms with Crippen LogP contribution in [0.5, 0.6) is 0 Å². The molecule has 4 rings (SSSR count). The number of hydrogen-bond acceptors (Lipinski definition) is 6. The number of nitrogens with one attached hydrogen (secondary N) is 1. The van der Waals surface area contributed by atoms with Gasteiger partial charge in [0.25, 0.3) is 5.91 Å². The molecule has 2 aliphatic heterocycles. The lowest BCUT2D eigenvalue weighted by Gasteiger charge is -2.53. The van der Waals surface area contributed by atoms with Crippen LogP contribution in [0, 0.1) is 6.92 Å². The molecule has 0 unspecified atom stereocenters. The normalized spacial score (nSPS) is 19.8. The summed E-state index contributed by atoms with van der Waals surface area (Å²) in [5, 5.41) is 0. The number of hydrogen-bond donors (Lipinski definition) is 1. The minimum atomic E-state index is -0.284. The van der Waals surface area contributed by atoms with Crippen molar-refractivity contribution in [1.82, 2.24) is 19.8 Å². The number of aromatic amines is 1. The molecule has 1 amide bonds. The van der Waals surface area contributed by atoms with Crippen molar-refractivity contribution in [2.24, 2.45) is 0 Å². The van der Waals surface area contributed by atoms with E-state index in [1.54, 1.807) is 22.3 Å². The van der Waals surface area contributed by atoms with Gasteiger partial charge in [-0.2, -0.15) is 0 Å². The van der Waals surface area contributed by atoms with Crippen molar-refractivity contribution in [2.75, 3.05) is 32.8 Å². The number of rotatable bonds is 3. The standard InChI is InChI=1S/C17H20N4O3S/c1-12-14(25-11-19-12)7-20-8-17(9-20)10-21(4-5-24-17)16(23)13-2-3-18-15(22)6-13/h2-3,6,11H,4-5,7-10H2,1H3,(H,18,22). The third kappa shape index (κ3) is 3.24. The third-order valence-electron chi connectivity index (χ3n) is 4.79. The number of thiazole rings is 1. The molecule has 8 heteroatoms. The number of carbonyl (C=O) groups excluding carboxylic acids is 1. The molecular formula is C17H20N4O3S. The smallest absolute Gasteiger partial charge is 0.254 e. The van der Waals surface area contributed by atoms with Crippen molar-refractivity contribution in [3.8, 4) is 0 Å². The summed E-state index contributed by atoms with van der Waals surface area (Å²) in [7, 11) is 0. The summed E-state index contributed by atoms with van der Waals surface area (Å²) in [6.45, 7) is 6.18. The molecule has 0 saturated carbocycles. The number of pyridine rings is 1. The summed E-state index contributed by atoms with van der Waals surface area (Å²) in [6, 6.07) is 3.00. The van der Waals surface area contributed by atoms with Crippen LogP contribution in [0.25, 0.3) is 0 Å². The Morgan fingerprint density at radius 2 is 2.28 bits per heavy atom. The van der Waals surface area contributed by atoms with Crippen molar-refractivity contribution in [3.05, 3.63) is 50.3 Å². The number of morpholine rings is 1. The first-order chi connectivity index (χ1) is 12.0. The molecule has 132 valence electrons. The second-order valence-corrected chi connectivity index (χ2v) is 7.65. The Hall–Kier alpha value is -2.03. The third-order valence-corrected chi connectivity index (χ3v) is 5.71. The van der Waals surface area contributed by atoms with Gasteiger partial charge < -0.3 is 14.6 Å². The number of carbonyl (C=O) groups is 1. The number of aromatic nitrogens is 2. The maximum absolute atomic E-state index is 12.7. The average molecular weight is 360 g/mol. The monoisotopic (exact) mass is 360 g/mol. The van der Waals surface area contributed by atoms with Crippen LogP contribution in [0.2, 0.25) is 0 Å². The molecule has 1 N–H and O–H groups in total. The van der Waals surface area contributed by atoms with Gasteiger partial charge in [-0.15, -0.1) is 11.3 Å². The van der Waals surface area contributed by atoms with Gasteiger partial charge in [0.05, 0.1) is 24.4 Å². The highest BCUT2D eigenvalue weighted by molar-refractivity contribution is 7.09. The van der Waals surface area contributed by atoms with E-state index in [1.165, 1.54) is 17.1 Å². The van der Waals surface area contributed by atoms with E-state index in [0.29, 0.717) is 25.3 Å². The van der Waals surface area contributed by atoms with Crippen LogP contribution in [-0.4, -0.2) is 64.1 Å². The van der Waals surface area contributed by atoms with Gasteiger partial charge in [0.1, 0.15) is 5.60 Å². The molecule has 0 radical (unpaired) electrons. The van der Waals surface area contributed by atoms with Crippen molar-refractivity contribution in [3.63, 3.8) is 0 Å². The van der Waals surface area contributed by atoms with Crippen LogP contribution in [-0.2, 0) is 11.3 Å². The van der Waals surface area contributed by atoms with E-state index in [-0.39, 0.29) is 17.1 Å². The molecule has 0 atom stereocenters.